The number of H-pyrrole nitrogens is 1. The summed E-state index contributed by atoms with van der Waals surface area (Å²) in [6, 6.07) is 6.99. The molecule has 0 spiro atoms. The number of ether oxygens (including phenoxy) is 2. The molecule has 2 N–H and O–H groups in total. The zero-order valence-electron chi connectivity index (χ0n) is 17.0. The van der Waals surface area contributed by atoms with Gasteiger partial charge in [-0.05, 0) is 48.3 Å². The molecule has 3 aromatic rings. The zero-order chi connectivity index (χ0) is 21.8. The van der Waals surface area contributed by atoms with Gasteiger partial charge in [0.2, 0.25) is 0 Å². The van der Waals surface area contributed by atoms with Gasteiger partial charge in [-0.25, -0.2) is 4.79 Å². The van der Waals surface area contributed by atoms with E-state index in [9.17, 15) is 14.7 Å². The standard InChI is InChI=1S/C20H23N5O5S/c1-13-17-18(31-23-13)22-20(28)25(19(17)27)21-10-14-2-4-16(5-3-14)30-12-15(26)11-24-6-8-29-9-7-24/h2-5,10,15,26H,6-9,11-12H2,1H3,(H,22,28)/b21-10+/t15-/m1/s1. The summed E-state index contributed by atoms with van der Waals surface area (Å²) < 4.78 is 15.8. The number of aromatic amines is 1. The molecular formula is C20H23N5O5S. The molecule has 0 unspecified atom stereocenters. The van der Waals surface area contributed by atoms with Gasteiger partial charge in [0.1, 0.15) is 23.3 Å². The van der Waals surface area contributed by atoms with Crippen molar-refractivity contribution in [3.8, 4) is 5.75 Å². The molecule has 0 amide bonds. The van der Waals surface area contributed by atoms with Crippen molar-refractivity contribution in [3.05, 3.63) is 56.4 Å². The van der Waals surface area contributed by atoms with Crippen molar-refractivity contribution in [2.45, 2.75) is 13.0 Å². The molecule has 0 radical (unpaired) electrons. The minimum atomic E-state index is -0.619. The molecule has 0 saturated carbocycles. The number of aryl methyl sites for hydroxylation is 1. The van der Waals surface area contributed by atoms with Gasteiger partial charge in [0.25, 0.3) is 5.56 Å². The van der Waals surface area contributed by atoms with Crippen LogP contribution in [0.25, 0.3) is 10.2 Å². The Bertz CT molecular complexity index is 1180. The Balaban J connectivity index is 1.38. The molecule has 0 aliphatic carbocycles. The number of nitrogens with zero attached hydrogens (tertiary/aromatic N) is 4. The lowest BCUT2D eigenvalue weighted by Gasteiger charge is -2.28. The highest BCUT2D eigenvalue weighted by Gasteiger charge is 2.15. The highest BCUT2D eigenvalue weighted by Crippen LogP contribution is 2.14. The van der Waals surface area contributed by atoms with Crippen LogP contribution < -0.4 is 16.0 Å². The summed E-state index contributed by atoms with van der Waals surface area (Å²) in [4.78, 5) is 29.9. The number of nitrogens with one attached hydrogen (secondary N) is 1. The predicted octanol–water partition coefficient (Wildman–Crippen LogP) is 0.409. The zero-order valence-corrected chi connectivity index (χ0v) is 17.8. The van der Waals surface area contributed by atoms with Gasteiger partial charge in [-0.2, -0.15) is 9.47 Å². The van der Waals surface area contributed by atoms with Crippen molar-refractivity contribution in [3.63, 3.8) is 0 Å². The van der Waals surface area contributed by atoms with Crippen LogP contribution in [-0.4, -0.2) is 75.8 Å². The van der Waals surface area contributed by atoms with E-state index in [1.54, 1.807) is 31.2 Å². The van der Waals surface area contributed by atoms with Crippen LogP contribution >= 0.6 is 11.5 Å². The molecular weight excluding hydrogens is 422 g/mol. The number of rotatable bonds is 7. The fourth-order valence-electron chi connectivity index (χ4n) is 3.26. The molecule has 2 aromatic heterocycles. The quantitative estimate of drug-likeness (QED) is 0.505. The van der Waals surface area contributed by atoms with Crippen LogP contribution in [0.15, 0.2) is 39.0 Å². The lowest BCUT2D eigenvalue weighted by atomic mass is 10.2. The molecule has 164 valence electrons. The van der Waals surface area contributed by atoms with Crippen LogP contribution in [0.2, 0.25) is 0 Å². The average molecular weight is 446 g/mol. The van der Waals surface area contributed by atoms with E-state index in [4.69, 9.17) is 9.47 Å². The Kier molecular flexibility index (Phi) is 6.56. The first-order valence-electron chi connectivity index (χ1n) is 9.88. The third kappa shape index (κ3) is 5.07. The molecule has 1 aromatic carbocycles. The van der Waals surface area contributed by atoms with Gasteiger partial charge in [0.05, 0.1) is 30.5 Å². The van der Waals surface area contributed by atoms with Gasteiger partial charge in [-0.3, -0.25) is 14.7 Å². The Morgan fingerprint density at radius 3 is 2.81 bits per heavy atom. The van der Waals surface area contributed by atoms with Crippen LogP contribution in [0.5, 0.6) is 5.75 Å². The average Bonchev–Trinajstić information content (AvgIpc) is 3.14. The van der Waals surface area contributed by atoms with Crippen molar-refractivity contribution >= 4 is 28.0 Å². The maximum atomic E-state index is 12.5. The number of aromatic nitrogens is 3. The van der Waals surface area contributed by atoms with Crippen LogP contribution in [0, 0.1) is 6.92 Å². The molecule has 1 saturated heterocycles. The molecule has 10 nitrogen and oxygen atoms in total. The van der Waals surface area contributed by atoms with Crippen molar-refractivity contribution in [1.82, 2.24) is 18.9 Å². The maximum absolute atomic E-state index is 12.5. The first-order chi connectivity index (χ1) is 15.0. The monoisotopic (exact) mass is 445 g/mol. The highest BCUT2D eigenvalue weighted by atomic mass is 32.1. The smallest absolute Gasteiger partial charge is 0.350 e. The van der Waals surface area contributed by atoms with Gasteiger partial charge in [0, 0.05) is 19.6 Å². The van der Waals surface area contributed by atoms with Crippen LogP contribution in [-0.2, 0) is 4.74 Å². The van der Waals surface area contributed by atoms with Crippen LogP contribution in [0.3, 0.4) is 0 Å². The molecule has 1 fully saturated rings. The minimum Gasteiger partial charge on any atom is -0.491 e. The van der Waals surface area contributed by atoms with E-state index in [-0.39, 0.29) is 6.61 Å². The molecule has 1 atom stereocenters. The van der Waals surface area contributed by atoms with Gasteiger partial charge in [0.15, 0.2) is 0 Å². The highest BCUT2D eigenvalue weighted by molar-refractivity contribution is 7.12. The van der Waals surface area contributed by atoms with E-state index in [0.717, 1.165) is 29.3 Å². The number of hydrogen-bond acceptors (Lipinski definition) is 9. The number of β-amino-alcohol motifs (C(OH)–C–C–N with tert-alkyl or cyclic N) is 1. The molecule has 11 heteroatoms. The Hall–Kier alpha value is -2.86. The third-order valence-electron chi connectivity index (χ3n) is 4.90. The molecule has 0 bridgehead atoms. The molecule has 1 aliphatic heterocycles. The van der Waals surface area contributed by atoms with Gasteiger partial charge in [-0.15, -0.1) is 4.68 Å². The second-order valence-corrected chi connectivity index (χ2v) is 7.98. The first-order valence-corrected chi connectivity index (χ1v) is 10.7. The fourth-order valence-corrected chi connectivity index (χ4v) is 4.04. The summed E-state index contributed by atoms with van der Waals surface area (Å²) in [6.07, 6.45) is 0.831. The number of benzene rings is 1. The lowest BCUT2D eigenvalue weighted by molar-refractivity contribution is 0.00465. The van der Waals surface area contributed by atoms with Gasteiger partial charge < -0.3 is 14.6 Å². The van der Waals surface area contributed by atoms with E-state index in [0.29, 0.717) is 47.0 Å². The summed E-state index contributed by atoms with van der Waals surface area (Å²) in [5.74, 6) is 0.606. The maximum Gasteiger partial charge on any atom is 0.350 e. The lowest BCUT2D eigenvalue weighted by Crippen LogP contribution is -2.42. The summed E-state index contributed by atoms with van der Waals surface area (Å²) in [5, 5.41) is 14.6. The number of hydrogen-bond donors (Lipinski definition) is 2. The third-order valence-corrected chi connectivity index (χ3v) is 5.75. The Morgan fingerprint density at radius 2 is 2.06 bits per heavy atom. The fraction of sp³-hybridized carbons (Fsp3) is 0.400. The topological polar surface area (TPSA) is 122 Å². The normalized spacial score (nSPS) is 16.2. The Morgan fingerprint density at radius 1 is 1.32 bits per heavy atom. The molecule has 4 rings (SSSR count). The second kappa shape index (κ2) is 9.52. The molecule has 31 heavy (non-hydrogen) atoms. The van der Waals surface area contributed by atoms with E-state index in [1.165, 1.54) is 6.21 Å². The van der Waals surface area contributed by atoms with E-state index in [1.807, 2.05) is 0 Å². The van der Waals surface area contributed by atoms with E-state index >= 15 is 0 Å². The summed E-state index contributed by atoms with van der Waals surface area (Å²) in [6.45, 7) is 5.44. The van der Waals surface area contributed by atoms with Gasteiger partial charge >= 0.3 is 5.69 Å². The number of morpholine rings is 1. The largest absolute Gasteiger partial charge is 0.491 e. The van der Waals surface area contributed by atoms with Crippen molar-refractivity contribution < 1.29 is 14.6 Å². The summed E-state index contributed by atoms with van der Waals surface area (Å²) in [5.41, 5.74) is 0.123. The SMILES string of the molecule is Cc1nsc2[nH]c(=O)n(/N=C/c3ccc(OC[C@H](O)CN4CCOCC4)cc3)c(=O)c12. The number of aliphatic hydroxyl groups excluding tert-OH is 1. The summed E-state index contributed by atoms with van der Waals surface area (Å²) in [7, 11) is 0. The van der Waals surface area contributed by atoms with Gasteiger partial charge in [-0.1, -0.05) is 0 Å². The van der Waals surface area contributed by atoms with Crippen molar-refractivity contribution in [2.24, 2.45) is 5.10 Å². The minimum absolute atomic E-state index is 0.184. The number of aliphatic hydroxyl groups is 1. The van der Waals surface area contributed by atoms with Crippen LogP contribution in [0.1, 0.15) is 11.3 Å². The first kappa shape index (κ1) is 21.4. The molecule has 1 aliphatic rings. The van der Waals surface area contributed by atoms with Crippen LogP contribution in [0.4, 0.5) is 0 Å². The van der Waals surface area contributed by atoms with E-state index < -0.39 is 17.4 Å². The second-order valence-electron chi connectivity index (χ2n) is 7.21. The summed E-state index contributed by atoms with van der Waals surface area (Å²) >= 11 is 1.07. The predicted molar refractivity (Wildman–Crippen MR) is 117 cm³/mol. The Labute approximate surface area is 181 Å². The number of fused-ring (bicyclic) bond motifs is 1. The van der Waals surface area contributed by atoms with Crippen molar-refractivity contribution in [1.29, 1.82) is 0 Å². The van der Waals surface area contributed by atoms with Crippen molar-refractivity contribution in [2.75, 3.05) is 39.5 Å². The van der Waals surface area contributed by atoms with E-state index in [2.05, 4.69) is 19.4 Å². The molecule has 3 heterocycles.